The molecule has 0 aliphatic rings. The standard InChI is InChI=1S/C42H28N2O/c1-3-7-39-35(5-1)37-25-31(17-23-40(37)44-39)29-11-9-27(10-12-29)28-13-19-33(20-14-28)43-34-21-15-30(16-22-34)32-18-24-42-38(26-32)36-6-2-4-8-41(36)45-42/h1-26,43-44H. The third-order valence-corrected chi connectivity index (χ3v) is 8.83. The molecule has 212 valence electrons. The van der Waals surface area contributed by atoms with E-state index in [2.05, 4.69) is 156 Å². The molecule has 7 aromatic carbocycles. The molecule has 9 rings (SSSR count). The van der Waals surface area contributed by atoms with Crippen molar-refractivity contribution in [2.45, 2.75) is 0 Å². The second-order valence-corrected chi connectivity index (χ2v) is 11.6. The Balaban J connectivity index is 0.910. The van der Waals surface area contributed by atoms with Gasteiger partial charge in [0.2, 0.25) is 0 Å². The van der Waals surface area contributed by atoms with E-state index in [1.54, 1.807) is 0 Å². The molecule has 0 saturated heterocycles. The summed E-state index contributed by atoms with van der Waals surface area (Å²) in [5.74, 6) is 0. The summed E-state index contributed by atoms with van der Waals surface area (Å²) >= 11 is 0. The Morgan fingerprint density at radius 1 is 0.356 bits per heavy atom. The van der Waals surface area contributed by atoms with Gasteiger partial charge in [0.15, 0.2) is 0 Å². The molecule has 0 radical (unpaired) electrons. The predicted molar refractivity (Wildman–Crippen MR) is 189 cm³/mol. The van der Waals surface area contributed by atoms with Crippen LogP contribution in [0.25, 0.3) is 77.1 Å². The van der Waals surface area contributed by atoms with Crippen LogP contribution in [-0.4, -0.2) is 4.98 Å². The number of hydrogen-bond donors (Lipinski definition) is 2. The van der Waals surface area contributed by atoms with Crippen LogP contribution in [0.4, 0.5) is 11.4 Å². The van der Waals surface area contributed by atoms with E-state index in [1.807, 2.05) is 12.1 Å². The van der Waals surface area contributed by atoms with Gasteiger partial charge in [-0.05, 0) is 94.0 Å². The minimum Gasteiger partial charge on any atom is -0.456 e. The average Bonchev–Trinajstić information content (AvgIpc) is 3.67. The van der Waals surface area contributed by atoms with Crippen molar-refractivity contribution < 1.29 is 4.42 Å². The van der Waals surface area contributed by atoms with Crippen molar-refractivity contribution in [3.63, 3.8) is 0 Å². The Hall–Kier alpha value is -6.06. The van der Waals surface area contributed by atoms with Gasteiger partial charge in [-0.3, -0.25) is 0 Å². The quantitative estimate of drug-likeness (QED) is 0.214. The van der Waals surface area contributed by atoms with Gasteiger partial charge in [-0.25, -0.2) is 0 Å². The smallest absolute Gasteiger partial charge is 0.135 e. The van der Waals surface area contributed by atoms with Gasteiger partial charge in [-0.15, -0.1) is 0 Å². The molecule has 0 aliphatic carbocycles. The zero-order valence-electron chi connectivity index (χ0n) is 24.4. The number of rotatable bonds is 5. The van der Waals surface area contributed by atoms with Crippen LogP contribution in [0, 0.1) is 0 Å². The summed E-state index contributed by atoms with van der Waals surface area (Å²) in [7, 11) is 0. The van der Waals surface area contributed by atoms with Crippen LogP contribution in [0.1, 0.15) is 0 Å². The molecule has 3 heteroatoms. The number of nitrogens with one attached hydrogen (secondary N) is 2. The first-order valence-corrected chi connectivity index (χ1v) is 15.3. The summed E-state index contributed by atoms with van der Waals surface area (Å²) in [5.41, 5.74) is 13.5. The largest absolute Gasteiger partial charge is 0.456 e. The predicted octanol–water partition coefficient (Wildman–Crippen LogP) is 12.0. The zero-order chi connectivity index (χ0) is 29.7. The van der Waals surface area contributed by atoms with Gasteiger partial charge in [0.1, 0.15) is 11.2 Å². The highest BCUT2D eigenvalue weighted by Crippen LogP contribution is 2.34. The Kier molecular flexibility index (Phi) is 5.82. The number of hydrogen-bond acceptors (Lipinski definition) is 2. The average molecular weight is 577 g/mol. The van der Waals surface area contributed by atoms with E-state index in [0.717, 1.165) is 33.3 Å². The summed E-state index contributed by atoms with van der Waals surface area (Å²) in [4.78, 5) is 3.52. The van der Waals surface area contributed by atoms with Gasteiger partial charge < -0.3 is 14.7 Å². The van der Waals surface area contributed by atoms with Gasteiger partial charge in [-0.2, -0.15) is 0 Å². The molecule has 3 nitrogen and oxygen atoms in total. The molecule has 0 aliphatic heterocycles. The summed E-state index contributed by atoms with van der Waals surface area (Å²) in [6, 6.07) is 55.8. The molecule has 0 amide bonds. The van der Waals surface area contributed by atoms with Crippen molar-refractivity contribution in [1.82, 2.24) is 4.98 Å². The minimum atomic E-state index is 0.918. The van der Waals surface area contributed by atoms with E-state index in [9.17, 15) is 0 Å². The molecule has 2 aromatic heterocycles. The lowest BCUT2D eigenvalue weighted by molar-refractivity contribution is 0.669. The highest BCUT2D eigenvalue weighted by molar-refractivity contribution is 6.08. The maximum Gasteiger partial charge on any atom is 0.135 e. The Labute approximate surface area is 260 Å². The van der Waals surface area contributed by atoms with Crippen molar-refractivity contribution in [1.29, 1.82) is 0 Å². The first-order valence-electron chi connectivity index (χ1n) is 15.3. The Morgan fingerprint density at radius 3 is 1.51 bits per heavy atom. The molecular formula is C42H28N2O. The molecule has 0 bridgehead atoms. The number of furan rings is 1. The molecule has 0 spiro atoms. The van der Waals surface area contributed by atoms with Gasteiger partial charge in [-0.1, -0.05) is 97.1 Å². The molecule has 9 aromatic rings. The molecule has 0 unspecified atom stereocenters. The summed E-state index contributed by atoms with van der Waals surface area (Å²) < 4.78 is 6.00. The van der Waals surface area contributed by atoms with E-state index >= 15 is 0 Å². The number of aromatic nitrogens is 1. The molecule has 45 heavy (non-hydrogen) atoms. The fraction of sp³-hybridized carbons (Fsp3) is 0. The first-order chi connectivity index (χ1) is 22.2. The number of para-hydroxylation sites is 2. The fourth-order valence-corrected chi connectivity index (χ4v) is 6.45. The summed E-state index contributed by atoms with van der Waals surface area (Å²) in [5, 5.41) is 8.36. The normalized spacial score (nSPS) is 11.6. The van der Waals surface area contributed by atoms with Crippen LogP contribution in [0.2, 0.25) is 0 Å². The van der Waals surface area contributed by atoms with Crippen molar-refractivity contribution in [2.24, 2.45) is 0 Å². The van der Waals surface area contributed by atoms with Crippen LogP contribution in [0.3, 0.4) is 0 Å². The molecule has 2 heterocycles. The first kappa shape index (κ1) is 25.4. The maximum atomic E-state index is 6.00. The second-order valence-electron chi connectivity index (χ2n) is 11.6. The van der Waals surface area contributed by atoms with Crippen molar-refractivity contribution >= 4 is 55.1 Å². The second kappa shape index (κ2) is 10.3. The number of H-pyrrole nitrogens is 1. The van der Waals surface area contributed by atoms with E-state index in [-0.39, 0.29) is 0 Å². The minimum absolute atomic E-state index is 0.918. The topological polar surface area (TPSA) is 41.0 Å². The molecular weight excluding hydrogens is 548 g/mol. The third-order valence-electron chi connectivity index (χ3n) is 8.83. The van der Waals surface area contributed by atoms with Crippen molar-refractivity contribution in [2.75, 3.05) is 5.32 Å². The van der Waals surface area contributed by atoms with Crippen LogP contribution < -0.4 is 5.32 Å². The summed E-state index contributed by atoms with van der Waals surface area (Å²) in [6.07, 6.45) is 0. The van der Waals surface area contributed by atoms with E-state index in [4.69, 9.17) is 4.42 Å². The molecule has 0 saturated carbocycles. The van der Waals surface area contributed by atoms with Gasteiger partial charge in [0.05, 0.1) is 0 Å². The number of benzene rings is 7. The van der Waals surface area contributed by atoms with E-state index in [1.165, 1.54) is 55.2 Å². The molecule has 0 fully saturated rings. The highest BCUT2D eigenvalue weighted by Gasteiger charge is 2.09. The van der Waals surface area contributed by atoms with Crippen LogP contribution >= 0.6 is 0 Å². The lowest BCUT2D eigenvalue weighted by Crippen LogP contribution is -1.90. The monoisotopic (exact) mass is 576 g/mol. The van der Waals surface area contributed by atoms with Crippen LogP contribution in [-0.2, 0) is 0 Å². The number of fused-ring (bicyclic) bond motifs is 6. The van der Waals surface area contributed by atoms with Crippen LogP contribution in [0.15, 0.2) is 162 Å². The summed E-state index contributed by atoms with van der Waals surface area (Å²) in [6.45, 7) is 0. The lowest BCUT2D eigenvalue weighted by atomic mass is 9.99. The molecule has 0 atom stereocenters. The van der Waals surface area contributed by atoms with Crippen molar-refractivity contribution in [3.8, 4) is 33.4 Å². The van der Waals surface area contributed by atoms with E-state index in [0.29, 0.717) is 0 Å². The van der Waals surface area contributed by atoms with E-state index < -0.39 is 0 Å². The van der Waals surface area contributed by atoms with Crippen LogP contribution in [0.5, 0.6) is 0 Å². The van der Waals surface area contributed by atoms with Gasteiger partial charge in [0, 0.05) is 44.0 Å². The maximum absolute atomic E-state index is 6.00. The lowest BCUT2D eigenvalue weighted by Gasteiger charge is -2.10. The Bertz CT molecular complexity index is 2480. The fourth-order valence-electron chi connectivity index (χ4n) is 6.45. The molecule has 2 N–H and O–H groups in total. The zero-order valence-corrected chi connectivity index (χ0v) is 24.4. The van der Waals surface area contributed by atoms with Gasteiger partial charge >= 0.3 is 0 Å². The highest BCUT2D eigenvalue weighted by atomic mass is 16.3. The van der Waals surface area contributed by atoms with Gasteiger partial charge in [0.25, 0.3) is 0 Å². The number of aromatic amines is 1. The SMILES string of the molecule is c1ccc2c(c1)[nH]c1ccc(-c3ccc(-c4ccc(Nc5ccc(-c6ccc7oc8ccccc8c7c6)cc5)cc4)cc3)cc12. The van der Waals surface area contributed by atoms with Crippen molar-refractivity contribution in [3.05, 3.63) is 158 Å². The Morgan fingerprint density at radius 2 is 0.822 bits per heavy atom. The third kappa shape index (κ3) is 4.54. The number of anilines is 2.